The molecular weight excluding hydrogens is 424 g/mol. The fourth-order valence-corrected chi connectivity index (χ4v) is 4.88. The van der Waals surface area contributed by atoms with E-state index in [1.807, 2.05) is 6.07 Å². The number of aromatic nitrogens is 2. The van der Waals surface area contributed by atoms with E-state index in [0.29, 0.717) is 11.3 Å². The molecule has 0 atom stereocenters. The quantitative estimate of drug-likeness (QED) is 0.275. The van der Waals surface area contributed by atoms with Crippen LogP contribution in [0.3, 0.4) is 0 Å². The van der Waals surface area contributed by atoms with Crippen LogP contribution in [0, 0.1) is 10.1 Å². The number of aryl methyl sites for hydroxylation is 1. The lowest BCUT2D eigenvalue weighted by Crippen LogP contribution is -2.22. The van der Waals surface area contributed by atoms with Crippen molar-refractivity contribution in [2.45, 2.75) is 42.1 Å². The second-order valence-electron chi connectivity index (χ2n) is 7.05. The summed E-state index contributed by atoms with van der Waals surface area (Å²) in [6.07, 6.45) is 2.01. The number of fused-ring (bicyclic) bond motifs is 1. The van der Waals surface area contributed by atoms with Crippen molar-refractivity contribution in [1.82, 2.24) is 13.9 Å². The Morgan fingerprint density at radius 3 is 2.47 bits per heavy atom. The molecule has 8 nitrogen and oxygen atoms in total. The Bertz CT molecular complexity index is 1160. The van der Waals surface area contributed by atoms with Crippen molar-refractivity contribution in [2.24, 2.45) is 0 Å². The van der Waals surface area contributed by atoms with Gasteiger partial charge in [-0.3, -0.25) is 10.1 Å². The van der Waals surface area contributed by atoms with E-state index >= 15 is 0 Å². The Morgan fingerprint density at radius 2 is 1.87 bits per heavy atom. The molecule has 0 amide bonds. The SMILES string of the molecule is CCCCn1c(SCc2ccc([N+](=O)[O-])cc2)nc2cc(S(=O)(=O)N(C)C)ccc21. The molecule has 0 saturated carbocycles. The van der Waals surface area contributed by atoms with Crippen molar-refractivity contribution >= 4 is 38.5 Å². The van der Waals surface area contributed by atoms with Crippen LogP contribution in [0.2, 0.25) is 0 Å². The van der Waals surface area contributed by atoms with Gasteiger partial charge in [0.25, 0.3) is 5.69 Å². The fraction of sp³-hybridized carbons (Fsp3) is 0.350. The first-order valence-corrected chi connectivity index (χ1v) is 12.0. The van der Waals surface area contributed by atoms with Crippen molar-refractivity contribution in [3.8, 4) is 0 Å². The summed E-state index contributed by atoms with van der Waals surface area (Å²) in [5, 5.41) is 11.6. The van der Waals surface area contributed by atoms with E-state index in [9.17, 15) is 18.5 Å². The molecule has 0 aliphatic rings. The van der Waals surface area contributed by atoms with E-state index in [-0.39, 0.29) is 10.6 Å². The number of nitro benzene ring substituents is 1. The van der Waals surface area contributed by atoms with E-state index in [0.717, 1.165) is 35.6 Å². The first-order valence-electron chi connectivity index (χ1n) is 9.53. The Labute approximate surface area is 180 Å². The lowest BCUT2D eigenvalue weighted by atomic mass is 10.2. The van der Waals surface area contributed by atoms with Crippen LogP contribution in [0.25, 0.3) is 11.0 Å². The molecule has 2 aromatic carbocycles. The minimum atomic E-state index is -3.53. The number of nitro groups is 1. The van der Waals surface area contributed by atoms with Gasteiger partial charge in [-0.2, -0.15) is 0 Å². The van der Waals surface area contributed by atoms with E-state index < -0.39 is 14.9 Å². The smallest absolute Gasteiger partial charge is 0.269 e. The van der Waals surface area contributed by atoms with E-state index in [1.165, 1.54) is 42.3 Å². The van der Waals surface area contributed by atoms with Gasteiger partial charge in [-0.15, -0.1) is 0 Å². The number of thioether (sulfide) groups is 1. The van der Waals surface area contributed by atoms with Gasteiger partial charge >= 0.3 is 0 Å². The van der Waals surface area contributed by atoms with Gasteiger partial charge in [-0.25, -0.2) is 17.7 Å². The van der Waals surface area contributed by atoms with Crippen LogP contribution >= 0.6 is 11.8 Å². The molecule has 0 aliphatic heterocycles. The van der Waals surface area contributed by atoms with Gasteiger partial charge in [0.2, 0.25) is 10.0 Å². The first-order chi connectivity index (χ1) is 14.2. The summed E-state index contributed by atoms with van der Waals surface area (Å²) in [6.45, 7) is 2.90. The molecule has 0 fully saturated rings. The summed E-state index contributed by atoms with van der Waals surface area (Å²) >= 11 is 1.53. The van der Waals surface area contributed by atoms with Gasteiger partial charge in [0.15, 0.2) is 5.16 Å². The van der Waals surface area contributed by atoms with E-state index in [4.69, 9.17) is 4.98 Å². The average Bonchev–Trinajstić information content (AvgIpc) is 3.07. The van der Waals surface area contributed by atoms with Gasteiger partial charge in [0.05, 0.1) is 20.9 Å². The highest BCUT2D eigenvalue weighted by Crippen LogP contribution is 2.29. The van der Waals surface area contributed by atoms with Gasteiger partial charge in [0, 0.05) is 38.5 Å². The molecule has 1 heterocycles. The second-order valence-corrected chi connectivity index (χ2v) is 10.1. The largest absolute Gasteiger partial charge is 0.319 e. The molecule has 0 N–H and O–H groups in total. The summed E-state index contributed by atoms with van der Waals surface area (Å²) in [5.41, 5.74) is 2.55. The molecule has 3 rings (SSSR count). The van der Waals surface area contributed by atoms with Crippen LogP contribution in [-0.2, 0) is 22.3 Å². The Hall–Kier alpha value is -2.43. The van der Waals surface area contributed by atoms with Crippen LogP contribution < -0.4 is 0 Å². The highest BCUT2D eigenvalue weighted by Gasteiger charge is 2.20. The predicted octanol–water partition coefficient (Wildman–Crippen LogP) is 4.29. The monoisotopic (exact) mass is 448 g/mol. The summed E-state index contributed by atoms with van der Waals surface area (Å²) in [4.78, 5) is 15.3. The minimum Gasteiger partial charge on any atom is -0.319 e. The molecule has 0 radical (unpaired) electrons. The number of rotatable bonds is 9. The van der Waals surface area contributed by atoms with Crippen molar-refractivity contribution in [3.63, 3.8) is 0 Å². The molecule has 0 bridgehead atoms. The fourth-order valence-electron chi connectivity index (χ4n) is 2.96. The molecular formula is C20H24N4O4S2. The number of benzene rings is 2. The Kier molecular flexibility index (Phi) is 6.79. The third-order valence-corrected chi connectivity index (χ3v) is 7.57. The number of hydrogen-bond donors (Lipinski definition) is 0. The standard InChI is InChI=1S/C20H24N4O4S2/c1-4-5-12-23-19-11-10-17(30(27,28)22(2)3)13-18(19)21-20(23)29-14-15-6-8-16(9-7-15)24(25)26/h6-11,13H,4-5,12,14H2,1-3H3. The number of non-ortho nitro benzene ring substituents is 1. The maximum Gasteiger partial charge on any atom is 0.269 e. The highest BCUT2D eigenvalue weighted by atomic mass is 32.2. The van der Waals surface area contributed by atoms with Crippen molar-refractivity contribution < 1.29 is 13.3 Å². The molecule has 10 heteroatoms. The summed E-state index contributed by atoms with van der Waals surface area (Å²) in [7, 11) is -0.523. The normalized spacial score (nSPS) is 12.0. The van der Waals surface area contributed by atoms with E-state index in [2.05, 4.69) is 11.5 Å². The molecule has 30 heavy (non-hydrogen) atoms. The Balaban J connectivity index is 1.92. The molecule has 0 saturated heterocycles. The second kappa shape index (κ2) is 9.15. The molecule has 3 aromatic rings. The van der Waals surface area contributed by atoms with Crippen LogP contribution in [0.15, 0.2) is 52.5 Å². The van der Waals surface area contributed by atoms with Crippen molar-refractivity contribution in [3.05, 3.63) is 58.1 Å². The van der Waals surface area contributed by atoms with Crippen molar-refractivity contribution in [2.75, 3.05) is 14.1 Å². The number of nitrogens with zero attached hydrogens (tertiary/aromatic N) is 4. The third kappa shape index (κ3) is 4.66. The van der Waals surface area contributed by atoms with Crippen molar-refractivity contribution in [1.29, 1.82) is 0 Å². The maximum absolute atomic E-state index is 12.5. The summed E-state index contributed by atoms with van der Waals surface area (Å²) in [5.74, 6) is 0.607. The average molecular weight is 449 g/mol. The zero-order valence-electron chi connectivity index (χ0n) is 17.1. The number of hydrogen-bond acceptors (Lipinski definition) is 6. The molecule has 1 aromatic heterocycles. The van der Waals surface area contributed by atoms with Crippen LogP contribution in [0.5, 0.6) is 0 Å². The molecule has 160 valence electrons. The number of sulfonamides is 1. The van der Waals surface area contributed by atoms with Gasteiger partial charge in [0.1, 0.15) is 0 Å². The van der Waals surface area contributed by atoms with Crippen LogP contribution in [0.1, 0.15) is 25.3 Å². The lowest BCUT2D eigenvalue weighted by Gasteiger charge is -2.11. The lowest BCUT2D eigenvalue weighted by molar-refractivity contribution is -0.384. The first kappa shape index (κ1) is 22.3. The zero-order chi connectivity index (χ0) is 21.9. The number of imidazole rings is 1. The molecule has 0 aliphatic carbocycles. The van der Waals surface area contributed by atoms with Gasteiger partial charge in [-0.1, -0.05) is 37.2 Å². The van der Waals surface area contributed by atoms with E-state index in [1.54, 1.807) is 24.3 Å². The third-order valence-electron chi connectivity index (χ3n) is 4.71. The van der Waals surface area contributed by atoms with Crippen LogP contribution in [0.4, 0.5) is 5.69 Å². The highest BCUT2D eigenvalue weighted by molar-refractivity contribution is 7.98. The molecule has 0 unspecified atom stereocenters. The zero-order valence-corrected chi connectivity index (χ0v) is 18.7. The topological polar surface area (TPSA) is 98.3 Å². The van der Waals surface area contributed by atoms with Gasteiger partial charge in [-0.05, 0) is 30.2 Å². The maximum atomic E-state index is 12.5. The number of unbranched alkanes of at least 4 members (excludes halogenated alkanes) is 1. The molecule has 0 spiro atoms. The summed E-state index contributed by atoms with van der Waals surface area (Å²) in [6, 6.07) is 11.5. The van der Waals surface area contributed by atoms with Gasteiger partial charge < -0.3 is 4.57 Å². The predicted molar refractivity (Wildman–Crippen MR) is 118 cm³/mol. The Morgan fingerprint density at radius 1 is 1.17 bits per heavy atom. The van der Waals surface area contributed by atoms with Crippen LogP contribution in [-0.4, -0.2) is 41.3 Å². The summed E-state index contributed by atoms with van der Waals surface area (Å²) < 4.78 is 28.2. The minimum absolute atomic E-state index is 0.0635.